The highest BCUT2D eigenvalue weighted by Crippen LogP contribution is 2.28. The number of amides is 1. The molecule has 1 N–H and O–H groups in total. The van der Waals surface area contributed by atoms with Crippen LogP contribution < -0.4 is 5.32 Å². The van der Waals surface area contributed by atoms with Crippen LogP contribution in [0.15, 0.2) is 36.4 Å². The van der Waals surface area contributed by atoms with Crippen LogP contribution in [-0.2, 0) is 0 Å². The summed E-state index contributed by atoms with van der Waals surface area (Å²) in [5.74, 6) is -0.231. The third-order valence-corrected chi connectivity index (χ3v) is 5.03. The van der Waals surface area contributed by atoms with Crippen molar-refractivity contribution < 1.29 is 9.18 Å². The van der Waals surface area contributed by atoms with E-state index in [4.69, 9.17) is 0 Å². The Balaban J connectivity index is 1.69. The molecule has 1 heterocycles. The van der Waals surface area contributed by atoms with Crippen LogP contribution >= 0.6 is 11.3 Å². The molecule has 0 spiro atoms. The molecular formula is C17H18FNOS. The first-order valence-electron chi connectivity index (χ1n) is 7.39. The summed E-state index contributed by atoms with van der Waals surface area (Å²) in [5, 5.41) is 3.12. The van der Waals surface area contributed by atoms with Crippen LogP contribution in [0.25, 0.3) is 10.4 Å². The van der Waals surface area contributed by atoms with Crippen LogP contribution in [0.2, 0.25) is 0 Å². The summed E-state index contributed by atoms with van der Waals surface area (Å²) in [5.41, 5.74) is 0.943. The van der Waals surface area contributed by atoms with E-state index in [1.807, 2.05) is 12.1 Å². The molecule has 1 aromatic carbocycles. The number of carbonyl (C=O) groups excluding carboxylic acids is 1. The average Bonchev–Trinajstić information content (AvgIpc) is 2.99. The molecule has 0 aliphatic heterocycles. The average molecular weight is 303 g/mol. The van der Waals surface area contributed by atoms with Gasteiger partial charge < -0.3 is 5.32 Å². The molecular weight excluding hydrogens is 285 g/mol. The number of halogens is 1. The third-order valence-electron chi connectivity index (χ3n) is 3.90. The Morgan fingerprint density at radius 3 is 2.48 bits per heavy atom. The monoisotopic (exact) mass is 303 g/mol. The summed E-state index contributed by atoms with van der Waals surface area (Å²) in [4.78, 5) is 14.0. The lowest BCUT2D eigenvalue weighted by Gasteiger charge is -2.22. The van der Waals surface area contributed by atoms with Crippen molar-refractivity contribution in [3.8, 4) is 10.4 Å². The fraction of sp³-hybridized carbons (Fsp3) is 0.353. The molecule has 21 heavy (non-hydrogen) atoms. The second kappa shape index (κ2) is 6.39. The van der Waals surface area contributed by atoms with E-state index in [9.17, 15) is 9.18 Å². The summed E-state index contributed by atoms with van der Waals surface area (Å²) in [7, 11) is 0. The highest BCUT2D eigenvalue weighted by Gasteiger charge is 2.17. The van der Waals surface area contributed by atoms with Gasteiger partial charge in [-0.05, 0) is 42.7 Å². The van der Waals surface area contributed by atoms with Gasteiger partial charge in [0.2, 0.25) is 0 Å². The number of thiophene rings is 1. The molecule has 0 unspecified atom stereocenters. The molecule has 1 aromatic heterocycles. The molecule has 1 fully saturated rings. The van der Waals surface area contributed by atoms with Gasteiger partial charge in [0.15, 0.2) is 0 Å². The van der Waals surface area contributed by atoms with Gasteiger partial charge in [-0.15, -0.1) is 11.3 Å². The summed E-state index contributed by atoms with van der Waals surface area (Å²) >= 11 is 1.45. The smallest absolute Gasteiger partial charge is 0.261 e. The predicted molar refractivity (Wildman–Crippen MR) is 84.1 cm³/mol. The van der Waals surface area contributed by atoms with Gasteiger partial charge in [0, 0.05) is 10.9 Å². The summed E-state index contributed by atoms with van der Waals surface area (Å²) in [6, 6.07) is 10.5. The molecule has 0 radical (unpaired) electrons. The van der Waals surface area contributed by atoms with E-state index in [0.717, 1.165) is 28.2 Å². The van der Waals surface area contributed by atoms with Gasteiger partial charge in [-0.2, -0.15) is 0 Å². The summed E-state index contributed by atoms with van der Waals surface area (Å²) in [6.07, 6.45) is 5.86. The van der Waals surface area contributed by atoms with Crippen molar-refractivity contribution in [2.45, 2.75) is 38.1 Å². The molecule has 0 saturated heterocycles. The van der Waals surface area contributed by atoms with Crippen LogP contribution in [-0.4, -0.2) is 11.9 Å². The number of hydrogen-bond acceptors (Lipinski definition) is 2. The van der Waals surface area contributed by atoms with Crippen molar-refractivity contribution in [1.29, 1.82) is 0 Å². The van der Waals surface area contributed by atoms with Gasteiger partial charge >= 0.3 is 0 Å². The first-order chi connectivity index (χ1) is 10.2. The zero-order chi connectivity index (χ0) is 14.7. The van der Waals surface area contributed by atoms with Crippen LogP contribution in [0.5, 0.6) is 0 Å². The Labute approximate surface area is 128 Å². The second-order valence-electron chi connectivity index (χ2n) is 5.48. The highest BCUT2D eigenvalue weighted by molar-refractivity contribution is 7.17. The molecule has 0 bridgehead atoms. The first kappa shape index (κ1) is 14.3. The van der Waals surface area contributed by atoms with Crippen molar-refractivity contribution in [2.24, 2.45) is 0 Å². The molecule has 2 aromatic rings. The molecule has 0 atom stereocenters. The molecule has 1 aliphatic carbocycles. The quantitative estimate of drug-likeness (QED) is 0.881. The standard InChI is InChI=1S/C17H18FNOS/c18-13-8-6-12(7-9-13)15-10-11-16(21-15)17(20)19-14-4-2-1-3-5-14/h6-11,14H,1-5H2,(H,19,20). The fourth-order valence-electron chi connectivity index (χ4n) is 2.73. The number of hydrogen-bond donors (Lipinski definition) is 1. The predicted octanol–water partition coefficient (Wildman–Crippen LogP) is 4.62. The van der Waals surface area contributed by atoms with Crippen LogP contribution in [0.3, 0.4) is 0 Å². The maximum Gasteiger partial charge on any atom is 0.261 e. The van der Waals surface area contributed by atoms with Crippen LogP contribution in [0.1, 0.15) is 41.8 Å². The minimum Gasteiger partial charge on any atom is -0.349 e. The van der Waals surface area contributed by atoms with E-state index in [2.05, 4.69) is 5.32 Å². The fourth-order valence-corrected chi connectivity index (χ4v) is 3.65. The van der Waals surface area contributed by atoms with E-state index < -0.39 is 0 Å². The largest absolute Gasteiger partial charge is 0.349 e. The maximum absolute atomic E-state index is 12.9. The molecule has 1 amide bonds. The Morgan fingerprint density at radius 1 is 1.05 bits per heavy atom. The van der Waals surface area contributed by atoms with Crippen molar-refractivity contribution in [2.75, 3.05) is 0 Å². The number of nitrogens with one attached hydrogen (secondary N) is 1. The Kier molecular flexibility index (Phi) is 4.34. The zero-order valence-electron chi connectivity index (χ0n) is 11.8. The molecule has 3 rings (SSSR count). The van der Waals surface area contributed by atoms with E-state index >= 15 is 0 Å². The van der Waals surface area contributed by atoms with Crippen molar-refractivity contribution >= 4 is 17.2 Å². The lowest BCUT2D eigenvalue weighted by molar-refractivity contribution is 0.0932. The number of benzene rings is 1. The van der Waals surface area contributed by atoms with Gasteiger partial charge in [0.05, 0.1) is 4.88 Å². The topological polar surface area (TPSA) is 29.1 Å². The maximum atomic E-state index is 12.9. The van der Waals surface area contributed by atoms with Crippen LogP contribution in [0, 0.1) is 5.82 Å². The van der Waals surface area contributed by atoms with E-state index in [0.29, 0.717) is 6.04 Å². The van der Waals surface area contributed by atoms with E-state index in [1.165, 1.54) is 42.7 Å². The van der Waals surface area contributed by atoms with Crippen LogP contribution in [0.4, 0.5) is 4.39 Å². The van der Waals surface area contributed by atoms with Gasteiger partial charge in [0.25, 0.3) is 5.91 Å². The summed E-state index contributed by atoms with van der Waals surface area (Å²) < 4.78 is 12.9. The molecule has 110 valence electrons. The molecule has 1 saturated carbocycles. The minimum absolute atomic E-state index is 0.0141. The molecule has 4 heteroatoms. The lowest BCUT2D eigenvalue weighted by atomic mass is 9.95. The summed E-state index contributed by atoms with van der Waals surface area (Å²) in [6.45, 7) is 0. The second-order valence-corrected chi connectivity index (χ2v) is 6.56. The zero-order valence-corrected chi connectivity index (χ0v) is 12.6. The van der Waals surface area contributed by atoms with Gasteiger partial charge in [-0.3, -0.25) is 4.79 Å². The third kappa shape index (κ3) is 3.50. The Morgan fingerprint density at radius 2 is 1.76 bits per heavy atom. The Bertz CT molecular complexity index is 614. The van der Waals surface area contributed by atoms with E-state index in [-0.39, 0.29) is 11.7 Å². The van der Waals surface area contributed by atoms with Crippen molar-refractivity contribution in [3.05, 3.63) is 47.1 Å². The van der Waals surface area contributed by atoms with Crippen molar-refractivity contribution in [3.63, 3.8) is 0 Å². The van der Waals surface area contributed by atoms with Crippen molar-refractivity contribution in [1.82, 2.24) is 5.32 Å². The normalized spacial score (nSPS) is 15.9. The Hall–Kier alpha value is -1.68. The van der Waals surface area contributed by atoms with Gasteiger partial charge in [-0.25, -0.2) is 4.39 Å². The molecule has 2 nitrogen and oxygen atoms in total. The SMILES string of the molecule is O=C(NC1CCCCC1)c1ccc(-c2ccc(F)cc2)s1. The van der Waals surface area contributed by atoms with Gasteiger partial charge in [-0.1, -0.05) is 31.4 Å². The first-order valence-corrected chi connectivity index (χ1v) is 8.21. The number of rotatable bonds is 3. The lowest BCUT2D eigenvalue weighted by Crippen LogP contribution is -2.35. The number of carbonyl (C=O) groups is 1. The van der Waals surface area contributed by atoms with E-state index in [1.54, 1.807) is 12.1 Å². The molecule has 1 aliphatic rings. The highest BCUT2D eigenvalue weighted by atomic mass is 32.1. The minimum atomic E-state index is -0.245. The van der Waals surface area contributed by atoms with Gasteiger partial charge in [0.1, 0.15) is 5.82 Å².